The van der Waals surface area contributed by atoms with E-state index in [2.05, 4.69) is 159 Å². The Bertz CT molecular complexity index is 2830. The number of ketones is 2. The second-order valence-corrected chi connectivity index (χ2v) is 16.9. The summed E-state index contributed by atoms with van der Waals surface area (Å²) in [6.45, 7) is 32.0. The Hall–Kier alpha value is -7.44. The fourth-order valence-corrected chi connectivity index (χ4v) is 7.77. The predicted molar refractivity (Wildman–Crippen MR) is 370 cm³/mol. The summed E-state index contributed by atoms with van der Waals surface area (Å²) in [6, 6.07) is 61.7. The van der Waals surface area contributed by atoms with Crippen LogP contribution in [-0.4, -0.2) is 21.5 Å². The number of terminal acetylenes is 1. The van der Waals surface area contributed by atoms with E-state index < -0.39 is 0 Å². The number of carbonyl (C=O) groups excluding carboxylic acids is 2. The van der Waals surface area contributed by atoms with E-state index in [1.54, 1.807) is 12.4 Å². The molecule has 0 radical (unpaired) electrons. The molecule has 8 rings (SSSR count). The van der Waals surface area contributed by atoms with Crippen LogP contribution in [0.2, 0.25) is 0 Å². The largest absolute Gasteiger partial charge is 0.300 e. The second-order valence-electron chi connectivity index (χ2n) is 16.0. The number of halogens is 1. The van der Waals surface area contributed by atoms with Crippen molar-refractivity contribution >= 4 is 27.5 Å². The Morgan fingerprint density at radius 2 is 0.711 bits per heavy atom. The molecule has 0 saturated heterocycles. The van der Waals surface area contributed by atoms with Gasteiger partial charge in [-0.05, 0) is 106 Å². The van der Waals surface area contributed by atoms with E-state index in [0.717, 1.165) is 58.0 Å². The first-order valence-corrected chi connectivity index (χ1v) is 31.6. The van der Waals surface area contributed by atoms with E-state index in [0.29, 0.717) is 50.1 Å². The lowest BCUT2D eigenvalue weighted by molar-refractivity contribution is -0.119. The van der Waals surface area contributed by atoms with Gasteiger partial charge in [-0.25, -0.2) is 0 Å². The van der Waals surface area contributed by atoms with Gasteiger partial charge in [-0.2, -0.15) is 0 Å². The van der Waals surface area contributed by atoms with Gasteiger partial charge < -0.3 is 0 Å². The van der Waals surface area contributed by atoms with Crippen LogP contribution in [0.5, 0.6) is 0 Å². The standard InChI is InChI=1S/C31H27NO.C19H19NO.C12H9Br.8C2H6/c33-30(22-20-27-9-7-23-32-24-27)21-19-26-17-15-25(16-18-26)8-6-13-29-12-4-5-14-31(29)28-10-2-1-3-11-28;1-2-4-16-6-8-17(9-7-16)10-12-19(21)13-11-18-5-3-14-20-15-18;13-12-9-5-4-8-11(12)10-6-2-1-3-7-10;8*1-2/h1-5,7,9-12,14-18,23-24H,8,19-22H2;1,3,5-9,14-15H,4,10-13H2;1-9H;8*1-2H3. The first kappa shape index (κ1) is 79.8. The summed E-state index contributed by atoms with van der Waals surface area (Å²) in [6.07, 6.45) is 19.2. The van der Waals surface area contributed by atoms with Crippen LogP contribution in [0.4, 0.5) is 0 Å². The van der Waals surface area contributed by atoms with Crippen LogP contribution >= 0.6 is 15.9 Å². The minimum absolute atomic E-state index is 0.297. The molecule has 0 aliphatic heterocycles. The van der Waals surface area contributed by atoms with E-state index in [1.165, 1.54) is 33.4 Å². The zero-order chi connectivity index (χ0) is 62.7. The zero-order valence-electron chi connectivity index (χ0n) is 53.9. The van der Waals surface area contributed by atoms with Crippen molar-refractivity contribution < 1.29 is 9.59 Å². The summed E-state index contributed by atoms with van der Waals surface area (Å²) in [7, 11) is 0. The summed E-state index contributed by atoms with van der Waals surface area (Å²) in [5.41, 5.74) is 12.8. The van der Waals surface area contributed by atoms with Crippen LogP contribution in [-0.2, 0) is 48.1 Å². The molecule has 0 aliphatic rings. The van der Waals surface area contributed by atoms with Gasteiger partial charge in [0.15, 0.2) is 0 Å². The average Bonchev–Trinajstić information content (AvgIpc) is 3.61. The van der Waals surface area contributed by atoms with E-state index in [9.17, 15) is 9.59 Å². The molecule has 2 heterocycles. The number of nitrogens with zero attached hydrogens (tertiary/aromatic N) is 2. The van der Waals surface area contributed by atoms with Gasteiger partial charge in [0, 0.05) is 73.3 Å². The monoisotopic (exact) mass is 1180 g/mol. The molecule has 0 fully saturated rings. The number of hydrogen-bond donors (Lipinski definition) is 0. The maximum atomic E-state index is 12.2. The first-order valence-electron chi connectivity index (χ1n) is 30.8. The topological polar surface area (TPSA) is 59.9 Å². The van der Waals surface area contributed by atoms with Crippen molar-refractivity contribution in [2.24, 2.45) is 0 Å². The molecule has 0 aliphatic carbocycles. The number of Topliss-reactive ketones (excluding diaryl/α,β-unsaturated/α-hetero) is 2. The number of aromatic nitrogens is 2. The fraction of sp³-hybridized carbons (Fsp3) is 0.333. The molecule has 6 aromatic carbocycles. The summed E-state index contributed by atoms with van der Waals surface area (Å²) in [5, 5.41) is 0. The molecule has 2 aromatic heterocycles. The Morgan fingerprint density at radius 1 is 0.373 bits per heavy atom. The quantitative estimate of drug-likeness (QED) is 0.0905. The highest BCUT2D eigenvalue weighted by molar-refractivity contribution is 9.10. The molecular formula is C78H103BrN2O2. The molecule has 0 unspecified atom stereocenters. The third kappa shape index (κ3) is 36.6. The molecule has 4 nitrogen and oxygen atoms in total. The van der Waals surface area contributed by atoms with E-state index in [-0.39, 0.29) is 0 Å². The third-order valence-electron chi connectivity index (χ3n) is 11.1. The van der Waals surface area contributed by atoms with Crippen molar-refractivity contribution in [3.05, 3.63) is 250 Å². The Balaban J connectivity index is -0.00000110. The van der Waals surface area contributed by atoms with Crippen molar-refractivity contribution in [1.29, 1.82) is 0 Å². The van der Waals surface area contributed by atoms with Gasteiger partial charge in [0.1, 0.15) is 11.6 Å². The van der Waals surface area contributed by atoms with Crippen molar-refractivity contribution in [1.82, 2.24) is 9.97 Å². The van der Waals surface area contributed by atoms with Gasteiger partial charge in [-0.1, -0.05) is 296 Å². The Morgan fingerprint density at radius 3 is 1.10 bits per heavy atom. The SMILES string of the molecule is Brc1ccccc1-c1ccccc1.C#CCc1ccc(CCC(=O)CCc2cccnc2)cc1.CC.CC.CC.CC.CC.CC.CC.CC.O=C(CCc1ccc(CC#Cc2ccccc2-c2ccccc2)cc1)CCc1cccnc1. The maximum Gasteiger partial charge on any atom is 0.133 e. The van der Waals surface area contributed by atoms with E-state index in [1.807, 2.05) is 190 Å². The van der Waals surface area contributed by atoms with Gasteiger partial charge in [-0.15, -0.1) is 12.3 Å². The highest BCUT2D eigenvalue weighted by atomic mass is 79.9. The van der Waals surface area contributed by atoms with Gasteiger partial charge in [0.05, 0.1) is 0 Å². The summed E-state index contributed by atoms with van der Waals surface area (Å²) in [5.74, 6) is 9.89. The van der Waals surface area contributed by atoms with Crippen LogP contribution in [0.3, 0.4) is 0 Å². The van der Waals surface area contributed by atoms with Gasteiger partial charge in [-0.3, -0.25) is 19.6 Å². The van der Waals surface area contributed by atoms with E-state index in [4.69, 9.17) is 6.42 Å². The first-order chi connectivity index (χ1) is 40.9. The fourth-order valence-electron chi connectivity index (χ4n) is 7.26. The summed E-state index contributed by atoms with van der Waals surface area (Å²) in [4.78, 5) is 32.3. The van der Waals surface area contributed by atoms with Gasteiger partial charge in [0.25, 0.3) is 0 Å². The zero-order valence-corrected chi connectivity index (χ0v) is 55.5. The summed E-state index contributed by atoms with van der Waals surface area (Å²) < 4.78 is 1.14. The lowest BCUT2D eigenvalue weighted by Gasteiger charge is -2.04. The molecular weight excluding hydrogens is 1080 g/mol. The van der Waals surface area contributed by atoms with Gasteiger partial charge in [0.2, 0.25) is 0 Å². The predicted octanol–water partition coefficient (Wildman–Crippen LogP) is 22.2. The van der Waals surface area contributed by atoms with Crippen molar-refractivity contribution in [3.8, 4) is 46.4 Å². The number of pyridine rings is 2. The lowest BCUT2D eigenvalue weighted by Crippen LogP contribution is -2.02. The minimum Gasteiger partial charge on any atom is -0.300 e. The Labute approximate surface area is 515 Å². The molecule has 0 spiro atoms. The Kier molecular flexibility index (Phi) is 55.5. The molecule has 0 atom stereocenters. The number of hydrogen-bond acceptors (Lipinski definition) is 4. The van der Waals surface area contributed by atoms with Crippen LogP contribution < -0.4 is 0 Å². The van der Waals surface area contributed by atoms with Crippen LogP contribution in [0.15, 0.2) is 211 Å². The minimum atomic E-state index is 0.297. The van der Waals surface area contributed by atoms with Crippen molar-refractivity contribution in [2.45, 2.75) is 175 Å². The number of benzene rings is 6. The summed E-state index contributed by atoms with van der Waals surface area (Å²) >= 11 is 3.53. The maximum absolute atomic E-state index is 12.2. The third-order valence-corrected chi connectivity index (χ3v) is 11.7. The van der Waals surface area contributed by atoms with Crippen LogP contribution in [0.1, 0.15) is 175 Å². The van der Waals surface area contributed by atoms with Gasteiger partial charge >= 0.3 is 0 Å². The van der Waals surface area contributed by atoms with Crippen molar-refractivity contribution in [3.63, 3.8) is 0 Å². The smallest absolute Gasteiger partial charge is 0.133 e. The van der Waals surface area contributed by atoms with Crippen LogP contribution in [0.25, 0.3) is 22.3 Å². The molecule has 0 bridgehead atoms. The molecule has 444 valence electrons. The molecule has 0 N–H and O–H groups in total. The van der Waals surface area contributed by atoms with Crippen molar-refractivity contribution in [2.75, 3.05) is 0 Å². The highest BCUT2D eigenvalue weighted by Crippen LogP contribution is 2.27. The molecule has 5 heteroatoms. The highest BCUT2D eigenvalue weighted by Gasteiger charge is 2.07. The molecule has 0 amide bonds. The van der Waals surface area contributed by atoms with Crippen LogP contribution in [0, 0.1) is 24.2 Å². The molecule has 0 saturated carbocycles. The second kappa shape index (κ2) is 57.8. The molecule has 83 heavy (non-hydrogen) atoms. The number of rotatable bonds is 16. The van der Waals surface area contributed by atoms with E-state index >= 15 is 0 Å². The number of carbonyl (C=O) groups is 2. The molecule has 8 aromatic rings. The number of aryl methyl sites for hydroxylation is 4. The average molecular weight is 1180 g/mol. The normalized spacial score (nSPS) is 8.77. The lowest BCUT2D eigenvalue weighted by atomic mass is 9.99.